The number of sulfone groups is 1. The molecule has 8 heteroatoms. The molecule has 7 nitrogen and oxygen atoms in total. The first-order valence-corrected chi connectivity index (χ1v) is 9.82. The third-order valence-electron chi connectivity index (χ3n) is 4.08. The highest BCUT2D eigenvalue weighted by molar-refractivity contribution is 7.94. The standard InChI is InChI=1S/C17H20N4O3S/c22-17(10-15-7-9-25(23,24)12-15)18-11-16-20-19-13-21(16)8-6-14-4-2-1-3-5-14/h1-5,7,9,13,15H,6,8,10-12H2,(H,18,22)/t15-/m1/s1. The number of benzene rings is 1. The average molecular weight is 360 g/mol. The molecule has 2 aromatic rings. The minimum atomic E-state index is -3.13. The van der Waals surface area contributed by atoms with Crippen molar-refractivity contribution in [2.45, 2.75) is 25.9 Å². The number of hydrogen-bond donors (Lipinski definition) is 1. The van der Waals surface area contributed by atoms with Crippen molar-refractivity contribution in [3.05, 3.63) is 59.5 Å². The molecule has 0 radical (unpaired) electrons. The van der Waals surface area contributed by atoms with E-state index in [9.17, 15) is 13.2 Å². The van der Waals surface area contributed by atoms with Crippen molar-refractivity contribution in [3.8, 4) is 0 Å². The van der Waals surface area contributed by atoms with Gasteiger partial charge in [-0.05, 0) is 12.0 Å². The Morgan fingerprint density at radius 2 is 2.08 bits per heavy atom. The van der Waals surface area contributed by atoms with Gasteiger partial charge in [-0.15, -0.1) is 10.2 Å². The number of aryl methyl sites for hydroxylation is 2. The average Bonchev–Trinajstić information content (AvgIpc) is 3.17. The second-order valence-electron chi connectivity index (χ2n) is 6.08. The van der Waals surface area contributed by atoms with E-state index < -0.39 is 9.84 Å². The zero-order valence-electron chi connectivity index (χ0n) is 13.7. The lowest BCUT2D eigenvalue weighted by molar-refractivity contribution is -0.121. The lowest BCUT2D eigenvalue weighted by Crippen LogP contribution is -2.27. The van der Waals surface area contributed by atoms with Crippen LogP contribution in [0.4, 0.5) is 0 Å². The summed E-state index contributed by atoms with van der Waals surface area (Å²) in [4.78, 5) is 12.0. The smallest absolute Gasteiger partial charge is 0.220 e. The molecule has 1 aliphatic rings. The number of nitrogens with zero attached hydrogens (tertiary/aromatic N) is 3. The van der Waals surface area contributed by atoms with Crippen LogP contribution in [0.1, 0.15) is 17.8 Å². The van der Waals surface area contributed by atoms with Gasteiger partial charge in [0, 0.05) is 24.3 Å². The molecule has 1 N–H and O–H groups in total. The van der Waals surface area contributed by atoms with Gasteiger partial charge in [-0.25, -0.2) is 8.42 Å². The molecule has 3 rings (SSSR count). The molecule has 0 saturated heterocycles. The second kappa shape index (κ2) is 7.60. The fourth-order valence-electron chi connectivity index (χ4n) is 2.75. The zero-order valence-corrected chi connectivity index (χ0v) is 14.5. The topological polar surface area (TPSA) is 93.9 Å². The lowest BCUT2D eigenvalue weighted by atomic mass is 10.1. The fourth-order valence-corrected chi connectivity index (χ4v) is 4.15. The van der Waals surface area contributed by atoms with E-state index in [-0.39, 0.29) is 30.5 Å². The van der Waals surface area contributed by atoms with Crippen LogP contribution in [-0.4, -0.2) is 34.8 Å². The van der Waals surface area contributed by atoms with Gasteiger partial charge >= 0.3 is 0 Å². The van der Waals surface area contributed by atoms with Gasteiger partial charge in [-0.2, -0.15) is 0 Å². The predicted molar refractivity (Wildman–Crippen MR) is 93.0 cm³/mol. The van der Waals surface area contributed by atoms with Crippen molar-refractivity contribution in [1.29, 1.82) is 0 Å². The van der Waals surface area contributed by atoms with Crippen molar-refractivity contribution in [2.24, 2.45) is 5.92 Å². The molecular formula is C17H20N4O3S. The minimum Gasteiger partial charge on any atom is -0.349 e. The molecule has 1 aromatic carbocycles. The number of carbonyl (C=O) groups is 1. The van der Waals surface area contributed by atoms with Crippen molar-refractivity contribution >= 4 is 15.7 Å². The Morgan fingerprint density at radius 1 is 1.28 bits per heavy atom. The van der Waals surface area contributed by atoms with Crippen LogP contribution in [0.2, 0.25) is 0 Å². The molecule has 2 heterocycles. The first-order chi connectivity index (χ1) is 12.0. The number of allylic oxidation sites excluding steroid dienone is 1. The van der Waals surface area contributed by atoms with Crippen LogP contribution in [0.15, 0.2) is 48.1 Å². The van der Waals surface area contributed by atoms with Gasteiger partial charge in [-0.1, -0.05) is 36.4 Å². The number of nitrogens with one attached hydrogen (secondary N) is 1. The normalized spacial score (nSPS) is 18.3. The van der Waals surface area contributed by atoms with Crippen LogP contribution < -0.4 is 5.32 Å². The van der Waals surface area contributed by atoms with Crippen LogP contribution >= 0.6 is 0 Å². The maximum absolute atomic E-state index is 12.0. The Balaban J connectivity index is 1.48. The molecule has 0 bridgehead atoms. The maximum atomic E-state index is 12.0. The third kappa shape index (κ3) is 4.99. The molecule has 1 aliphatic heterocycles. The number of carbonyl (C=O) groups excluding carboxylic acids is 1. The van der Waals surface area contributed by atoms with E-state index in [4.69, 9.17) is 0 Å². The molecule has 0 fully saturated rings. The van der Waals surface area contributed by atoms with Crippen molar-refractivity contribution in [2.75, 3.05) is 5.75 Å². The molecule has 0 unspecified atom stereocenters. The first-order valence-electron chi connectivity index (χ1n) is 8.10. The molecule has 0 saturated carbocycles. The molecule has 25 heavy (non-hydrogen) atoms. The van der Waals surface area contributed by atoms with Gasteiger partial charge in [0.05, 0.1) is 12.3 Å². The summed E-state index contributed by atoms with van der Waals surface area (Å²) in [6, 6.07) is 10.1. The summed E-state index contributed by atoms with van der Waals surface area (Å²) >= 11 is 0. The molecule has 1 atom stereocenters. The highest BCUT2D eigenvalue weighted by Gasteiger charge is 2.23. The number of aromatic nitrogens is 3. The highest BCUT2D eigenvalue weighted by atomic mass is 32.2. The van der Waals surface area contributed by atoms with Gasteiger partial charge in [0.25, 0.3) is 0 Å². The minimum absolute atomic E-state index is 0.00762. The second-order valence-corrected chi connectivity index (χ2v) is 8.01. The van der Waals surface area contributed by atoms with Crippen LogP contribution in [0.5, 0.6) is 0 Å². The van der Waals surface area contributed by atoms with E-state index in [0.29, 0.717) is 5.82 Å². The monoisotopic (exact) mass is 360 g/mol. The summed E-state index contributed by atoms with van der Waals surface area (Å²) in [5.74, 6) is 0.248. The van der Waals surface area contributed by atoms with E-state index in [2.05, 4.69) is 27.6 Å². The van der Waals surface area contributed by atoms with Gasteiger partial charge in [0.15, 0.2) is 15.7 Å². The summed E-state index contributed by atoms with van der Waals surface area (Å²) in [5, 5.41) is 11.9. The summed E-state index contributed by atoms with van der Waals surface area (Å²) in [6.45, 7) is 1.00. The molecule has 0 spiro atoms. The fraction of sp³-hybridized carbons (Fsp3) is 0.353. The Bertz CT molecular complexity index is 859. The van der Waals surface area contributed by atoms with Crippen LogP contribution in [-0.2, 0) is 34.1 Å². The summed E-state index contributed by atoms with van der Waals surface area (Å²) in [5.41, 5.74) is 1.22. The quantitative estimate of drug-likeness (QED) is 0.797. The Morgan fingerprint density at radius 3 is 2.80 bits per heavy atom. The van der Waals surface area contributed by atoms with Gasteiger partial charge < -0.3 is 9.88 Å². The SMILES string of the molecule is O=C(C[C@H]1C=CS(=O)(=O)C1)NCc1nncn1CCc1ccccc1. The van der Waals surface area contributed by atoms with E-state index in [1.54, 1.807) is 12.4 Å². The van der Waals surface area contributed by atoms with E-state index in [1.165, 1.54) is 11.0 Å². The summed E-state index contributed by atoms with van der Waals surface area (Å²) < 4.78 is 24.6. The van der Waals surface area contributed by atoms with Gasteiger partial charge in [-0.3, -0.25) is 4.79 Å². The van der Waals surface area contributed by atoms with Crippen molar-refractivity contribution in [1.82, 2.24) is 20.1 Å². The van der Waals surface area contributed by atoms with Crippen LogP contribution in [0.3, 0.4) is 0 Å². The number of hydrogen-bond acceptors (Lipinski definition) is 5. The highest BCUT2D eigenvalue weighted by Crippen LogP contribution is 2.18. The van der Waals surface area contributed by atoms with Crippen molar-refractivity contribution in [3.63, 3.8) is 0 Å². The van der Waals surface area contributed by atoms with E-state index in [1.807, 2.05) is 22.8 Å². The third-order valence-corrected chi connectivity index (χ3v) is 5.54. The summed E-state index contributed by atoms with van der Waals surface area (Å²) in [6.07, 6.45) is 4.24. The van der Waals surface area contributed by atoms with E-state index in [0.717, 1.165) is 13.0 Å². The predicted octanol–water partition coefficient (Wildman–Crippen LogP) is 1.09. The first kappa shape index (κ1) is 17.3. The Labute approximate surface area is 146 Å². The largest absolute Gasteiger partial charge is 0.349 e. The Kier molecular flexibility index (Phi) is 5.28. The van der Waals surface area contributed by atoms with Crippen LogP contribution in [0.25, 0.3) is 0 Å². The Hall–Kier alpha value is -2.48. The lowest BCUT2D eigenvalue weighted by Gasteiger charge is -2.09. The van der Waals surface area contributed by atoms with Gasteiger partial charge in [0.1, 0.15) is 6.33 Å². The molecule has 1 aromatic heterocycles. The van der Waals surface area contributed by atoms with Crippen molar-refractivity contribution < 1.29 is 13.2 Å². The molecular weight excluding hydrogens is 340 g/mol. The zero-order chi connectivity index (χ0) is 17.7. The number of rotatable bonds is 7. The van der Waals surface area contributed by atoms with Gasteiger partial charge in [0.2, 0.25) is 5.91 Å². The van der Waals surface area contributed by atoms with Crippen LogP contribution in [0, 0.1) is 5.92 Å². The maximum Gasteiger partial charge on any atom is 0.220 e. The molecule has 132 valence electrons. The molecule has 0 aliphatic carbocycles. The molecule has 1 amide bonds. The van der Waals surface area contributed by atoms with E-state index >= 15 is 0 Å². The number of amides is 1. The summed E-state index contributed by atoms with van der Waals surface area (Å²) in [7, 11) is -3.13.